The van der Waals surface area contributed by atoms with Crippen LogP contribution in [0.3, 0.4) is 0 Å². The van der Waals surface area contributed by atoms with E-state index < -0.39 is 29.2 Å². The van der Waals surface area contributed by atoms with Gasteiger partial charge in [-0.1, -0.05) is 6.07 Å². The third kappa shape index (κ3) is 4.89. The van der Waals surface area contributed by atoms with E-state index in [0.29, 0.717) is 10.5 Å². The van der Waals surface area contributed by atoms with Gasteiger partial charge in [-0.05, 0) is 18.6 Å². The van der Waals surface area contributed by atoms with Crippen LogP contribution in [0.15, 0.2) is 18.2 Å². The number of rotatable bonds is 5. The summed E-state index contributed by atoms with van der Waals surface area (Å²) in [5.74, 6) is -1.27. The zero-order valence-electron chi connectivity index (χ0n) is 11.0. The van der Waals surface area contributed by atoms with Gasteiger partial charge in [0.05, 0.1) is 4.92 Å². The number of alkyl halides is 4. The molecule has 1 aromatic rings. The molecule has 0 aromatic heterocycles. The van der Waals surface area contributed by atoms with Crippen molar-refractivity contribution in [1.82, 2.24) is 4.90 Å². The molecule has 0 aliphatic heterocycles. The smallest absolute Gasteiger partial charge is 0.328 e. The molecule has 0 aliphatic rings. The average Bonchev–Trinajstić information content (AvgIpc) is 2.35. The number of nitro benzene ring substituents is 1. The average molecular weight is 325 g/mol. The lowest BCUT2D eigenvalue weighted by Gasteiger charge is -2.23. The Balaban J connectivity index is 3.19. The third-order valence-electron chi connectivity index (χ3n) is 2.59. The van der Waals surface area contributed by atoms with E-state index >= 15 is 0 Å². The lowest BCUT2D eigenvalue weighted by atomic mass is 10.1. The molecule has 0 saturated heterocycles. The fourth-order valence-electron chi connectivity index (χ4n) is 1.72. The van der Waals surface area contributed by atoms with Crippen LogP contribution in [-0.4, -0.2) is 40.9 Å². The Kier molecular flexibility index (Phi) is 5.54. The maximum Gasteiger partial charge on any atom is 0.406 e. The van der Waals surface area contributed by atoms with Gasteiger partial charge in [0, 0.05) is 18.5 Å². The van der Waals surface area contributed by atoms with Crippen molar-refractivity contribution in [2.24, 2.45) is 0 Å². The molecule has 116 valence electrons. The SMILES string of the molecule is Cc1ccc([N+](=O)[O-])c(C(=O)N(CCCl)CC(F)(F)F)c1. The van der Waals surface area contributed by atoms with Gasteiger partial charge < -0.3 is 4.90 Å². The molecule has 0 radical (unpaired) electrons. The van der Waals surface area contributed by atoms with Crippen molar-refractivity contribution in [3.63, 3.8) is 0 Å². The fourth-order valence-corrected chi connectivity index (χ4v) is 1.93. The molecule has 0 fully saturated rings. The van der Waals surface area contributed by atoms with Gasteiger partial charge in [0.25, 0.3) is 11.6 Å². The Morgan fingerprint density at radius 3 is 2.52 bits per heavy atom. The van der Waals surface area contributed by atoms with Gasteiger partial charge in [-0.3, -0.25) is 14.9 Å². The Morgan fingerprint density at radius 1 is 1.43 bits per heavy atom. The number of aryl methyl sites for hydroxylation is 1. The van der Waals surface area contributed by atoms with Crippen molar-refractivity contribution >= 4 is 23.2 Å². The molecular formula is C12H12ClF3N2O3. The molecular weight excluding hydrogens is 313 g/mol. The van der Waals surface area contributed by atoms with E-state index in [0.717, 1.165) is 6.07 Å². The minimum absolute atomic E-state index is 0.207. The number of nitrogens with zero attached hydrogens (tertiary/aromatic N) is 2. The summed E-state index contributed by atoms with van der Waals surface area (Å²) in [5.41, 5.74) is -0.386. The molecule has 9 heteroatoms. The van der Waals surface area contributed by atoms with E-state index in [-0.39, 0.29) is 18.0 Å². The van der Waals surface area contributed by atoms with E-state index in [1.165, 1.54) is 12.1 Å². The maximum absolute atomic E-state index is 12.5. The zero-order valence-corrected chi connectivity index (χ0v) is 11.7. The van der Waals surface area contributed by atoms with Crippen LogP contribution in [0, 0.1) is 17.0 Å². The molecule has 0 spiro atoms. The number of nitro groups is 1. The topological polar surface area (TPSA) is 63.5 Å². The molecule has 0 aliphatic carbocycles. The number of hydrogen-bond acceptors (Lipinski definition) is 3. The monoisotopic (exact) mass is 324 g/mol. The second-order valence-corrected chi connectivity index (χ2v) is 4.69. The number of hydrogen-bond donors (Lipinski definition) is 0. The first-order valence-corrected chi connectivity index (χ1v) is 6.36. The van der Waals surface area contributed by atoms with Crippen molar-refractivity contribution in [2.75, 3.05) is 19.0 Å². The quantitative estimate of drug-likeness (QED) is 0.475. The van der Waals surface area contributed by atoms with Crippen molar-refractivity contribution in [1.29, 1.82) is 0 Å². The summed E-state index contributed by atoms with van der Waals surface area (Å²) in [5, 5.41) is 10.9. The van der Waals surface area contributed by atoms with E-state index in [4.69, 9.17) is 11.6 Å². The van der Waals surface area contributed by atoms with Gasteiger partial charge >= 0.3 is 6.18 Å². The molecule has 0 bridgehead atoms. The molecule has 21 heavy (non-hydrogen) atoms. The summed E-state index contributed by atoms with van der Waals surface area (Å²) in [6.45, 7) is -0.287. The van der Waals surface area contributed by atoms with Crippen molar-refractivity contribution in [3.8, 4) is 0 Å². The molecule has 5 nitrogen and oxygen atoms in total. The van der Waals surface area contributed by atoms with Gasteiger partial charge in [-0.2, -0.15) is 13.2 Å². The number of carbonyl (C=O) groups is 1. The molecule has 0 heterocycles. The summed E-state index contributed by atoms with van der Waals surface area (Å²) in [7, 11) is 0. The summed E-state index contributed by atoms with van der Waals surface area (Å²) >= 11 is 5.40. The standard InChI is InChI=1S/C12H12ClF3N2O3/c1-8-2-3-10(18(20)21)9(6-8)11(19)17(5-4-13)7-12(14,15)16/h2-3,6H,4-5,7H2,1H3. The highest BCUT2D eigenvalue weighted by atomic mass is 35.5. The maximum atomic E-state index is 12.5. The van der Waals surface area contributed by atoms with Crippen molar-refractivity contribution in [3.05, 3.63) is 39.4 Å². The van der Waals surface area contributed by atoms with Crippen molar-refractivity contribution in [2.45, 2.75) is 13.1 Å². The predicted octanol–water partition coefficient (Wildman–Crippen LogP) is 3.15. The molecule has 0 saturated carbocycles. The van der Waals surface area contributed by atoms with Gasteiger partial charge in [0.15, 0.2) is 0 Å². The highest BCUT2D eigenvalue weighted by Crippen LogP contribution is 2.24. The lowest BCUT2D eigenvalue weighted by molar-refractivity contribution is -0.385. The molecule has 1 aromatic carbocycles. The summed E-state index contributed by atoms with van der Waals surface area (Å²) in [4.78, 5) is 22.7. The first-order valence-electron chi connectivity index (χ1n) is 5.82. The van der Waals surface area contributed by atoms with Crippen LogP contribution in [0.4, 0.5) is 18.9 Å². The fraction of sp³-hybridized carbons (Fsp3) is 0.417. The highest BCUT2D eigenvalue weighted by molar-refractivity contribution is 6.18. The zero-order chi connectivity index (χ0) is 16.2. The van der Waals surface area contributed by atoms with Gasteiger partial charge in [-0.25, -0.2) is 0 Å². The molecule has 0 unspecified atom stereocenters. The van der Waals surface area contributed by atoms with E-state index in [9.17, 15) is 28.1 Å². The van der Waals surface area contributed by atoms with Crippen LogP contribution < -0.4 is 0 Å². The number of halogens is 4. The third-order valence-corrected chi connectivity index (χ3v) is 2.76. The van der Waals surface area contributed by atoms with Crippen LogP contribution in [0.5, 0.6) is 0 Å². The van der Waals surface area contributed by atoms with Gasteiger partial charge in [0.1, 0.15) is 12.1 Å². The van der Waals surface area contributed by atoms with Crippen LogP contribution >= 0.6 is 11.6 Å². The first-order chi connectivity index (χ1) is 9.65. The van der Waals surface area contributed by atoms with Crippen LogP contribution in [0.1, 0.15) is 15.9 Å². The van der Waals surface area contributed by atoms with Gasteiger partial charge in [-0.15, -0.1) is 11.6 Å². The highest BCUT2D eigenvalue weighted by Gasteiger charge is 2.34. The Labute approximate surface area is 123 Å². The van der Waals surface area contributed by atoms with Crippen molar-refractivity contribution < 1.29 is 22.9 Å². The Hall–Kier alpha value is -1.83. The number of benzene rings is 1. The van der Waals surface area contributed by atoms with E-state index in [1.807, 2.05) is 0 Å². The second kappa shape index (κ2) is 6.75. The van der Waals surface area contributed by atoms with Crippen LogP contribution in [-0.2, 0) is 0 Å². The summed E-state index contributed by atoms with van der Waals surface area (Å²) < 4.78 is 37.4. The largest absolute Gasteiger partial charge is 0.406 e. The summed E-state index contributed by atoms with van der Waals surface area (Å²) in [6, 6.07) is 3.69. The van der Waals surface area contributed by atoms with Crippen LogP contribution in [0.25, 0.3) is 0 Å². The van der Waals surface area contributed by atoms with Crippen LogP contribution in [0.2, 0.25) is 0 Å². The number of amides is 1. The lowest BCUT2D eigenvalue weighted by Crippen LogP contribution is -2.40. The summed E-state index contributed by atoms with van der Waals surface area (Å²) in [6.07, 6.45) is -4.61. The Bertz CT molecular complexity index is 549. The normalized spacial score (nSPS) is 11.3. The Morgan fingerprint density at radius 2 is 2.05 bits per heavy atom. The van der Waals surface area contributed by atoms with E-state index in [2.05, 4.69) is 0 Å². The molecule has 0 atom stereocenters. The minimum Gasteiger partial charge on any atom is -0.328 e. The first kappa shape index (κ1) is 17.2. The minimum atomic E-state index is -4.61. The number of carbonyl (C=O) groups excluding carboxylic acids is 1. The molecule has 0 N–H and O–H groups in total. The molecule has 1 rings (SSSR count). The molecule has 1 amide bonds. The van der Waals surface area contributed by atoms with E-state index in [1.54, 1.807) is 6.92 Å². The second-order valence-electron chi connectivity index (χ2n) is 4.31. The van der Waals surface area contributed by atoms with Gasteiger partial charge in [0.2, 0.25) is 0 Å². The predicted molar refractivity (Wildman–Crippen MR) is 70.5 cm³/mol.